The van der Waals surface area contributed by atoms with Crippen LogP contribution in [0.3, 0.4) is 0 Å². The maximum absolute atomic E-state index is 12.1. The second-order valence-corrected chi connectivity index (χ2v) is 5.64. The highest BCUT2D eigenvalue weighted by Gasteiger charge is 2.05. The van der Waals surface area contributed by atoms with Crippen molar-refractivity contribution >= 4 is 41.5 Å². The zero-order chi connectivity index (χ0) is 17.9. The fraction of sp³-hybridized carbons (Fsp3) is 0.300. The zero-order valence-corrected chi connectivity index (χ0v) is 17.6. The molecule has 0 atom stereocenters. The van der Waals surface area contributed by atoms with Crippen molar-refractivity contribution in [2.24, 2.45) is 4.99 Å². The van der Waals surface area contributed by atoms with Gasteiger partial charge in [-0.25, -0.2) is 4.99 Å². The summed E-state index contributed by atoms with van der Waals surface area (Å²) in [5.74, 6) is 0.530. The predicted molar refractivity (Wildman–Crippen MR) is 119 cm³/mol. The Labute approximate surface area is 172 Å². The van der Waals surface area contributed by atoms with Crippen LogP contribution in [0.2, 0.25) is 0 Å². The van der Waals surface area contributed by atoms with E-state index in [4.69, 9.17) is 0 Å². The second-order valence-electron chi connectivity index (χ2n) is 5.64. The largest absolute Gasteiger partial charge is 0.357 e. The fourth-order valence-electron chi connectivity index (χ4n) is 2.33. The quantitative estimate of drug-likeness (QED) is 0.332. The number of amides is 1. The number of hydrogen-bond donors (Lipinski definition) is 3. The predicted octanol–water partition coefficient (Wildman–Crippen LogP) is 3.56. The van der Waals surface area contributed by atoms with Gasteiger partial charge in [-0.3, -0.25) is 4.79 Å². The van der Waals surface area contributed by atoms with Gasteiger partial charge < -0.3 is 16.0 Å². The minimum absolute atomic E-state index is 0. The highest BCUT2D eigenvalue weighted by Crippen LogP contribution is 2.10. The molecule has 0 heterocycles. The topological polar surface area (TPSA) is 65.5 Å². The van der Waals surface area contributed by atoms with Crippen LogP contribution in [0.1, 0.15) is 25.0 Å². The third kappa shape index (κ3) is 7.86. The van der Waals surface area contributed by atoms with Crippen molar-refractivity contribution < 1.29 is 4.79 Å². The van der Waals surface area contributed by atoms with Crippen molar-refractivity contribution in [1.29, 1.82) is 0 Å². The molecule has 0 aliphatic heterocycles. The SMILES string of the molecule is CCNC(=NCc1ccccc1)NCC(=O)Nc1cccc(CC)c1.I. The van der Waals surface area contributed by atoms with Gasteiger partial charge in [0, 0.05) is 12.2 Å². The van der Waals surface area contributed by atoms with Gasteiger partial charge in [-0.2, -0.15) is 0 Å². The second kappa shape index (κ2) is 12.3. The summed E-state index contributed by atoms with van der Waals surface area (Å²) in [5, 5.41) is 9.12. The molecule has 6 heteroatoms. The average Bonchev–Trinajstić information content (AvgIpc) is 2.65. The summed E-state index contributed by atoms with van der Waals surface area (Å²) in [6.45, 7) is 5.55. The van der Waals surface area contributed by atoms with Crippen LogP contribution in [0.25, 0.3) is 0 Å². The first-order chi connectivity index (χ1) is 12.2. The van der Waals surface area contributed by atoms with Crippen molar-refractivity contribution in [2.75, 3.05) is 18.4 Å². The van der Waals surface area contributed by atoms with E-state index in [0.717, 1.165) is 24.2 Å². The highest BCUT2D eigenvalue weighted by atomic mass is 127. The smallest absolute Gasteiger partial charge is 0.243 e. The number of nitrogens with zero attached hydrogens (tertiary/aromatic N) is 1. The number of anilines is 1. The zero-order valence-electron chi connectivity index (χ0n) is 15.3. The van der Waals surface area contributed by atoms with Crippen LogP contribution < -0.4 is 16.0 Å². The first-order valence-electron chi connectivity index (χ1n) is 8.66. The van der Waals surface area contributed by atoms with Crippen LogP contribution in [0.15, 0.2) is 59.6 Å². The van der Waals surface area contributed by atoms with Gasteiger partial charge in [0.1, 0.15) is 0 Å². The molecule has 0 fully saturated rings. The number of aryl methyl sites for hydroxylation is 1. The number of rotatable bonds is 7. The molecular formula is C20H27IN4O. The van der Waals surface area contributed by atoms with Gasteiger partial charge in [-0.05, 0) is 36.6 Å². The molecule has 26 heavy (non-hydrogen) atoms. The maximum atomic E-state index is 12.1. The number of halogens is 1. The van der Waals surface area contributed by atoms with E-state index in [1.165, 1.54) is 5.56 Å². The first-order valence-corrected chi connectivity index (χ1v) is 8.66. The summed E-state index contributed by atoms with van der Waals surface area (Å²) in [6.07, 6.45) is 0.943. The Morgan fingerprint density at radius 3 is 2.38 bits per heavy atom. The van der Waals surface area contributed by atoms with Gasteiger partial charge >= 0.3 is 0 Å². The van der Waals surface area contributed by atoms with Crippen molar-refractivity contribution in [3.63, 3.8) is 0 Å². The Morgan fingerprint density at radius 1 is 0.962 bits per heavy atom. The Morgan fingerprint density at radius 2 is 1.69 bits per heavy atom. The van der Waals surface area contributed by atoms with E-state index in [2.05, 4.69) is 27.9 Å². The minimum Gasteiger partial charge on any atom is -0.357 e. The Balaban J connectivity index is 0.00000338. The van der Waals surface area contributed by atoms with Gasteiger partial charge in [0.2, 0.25) is 5.91 Å². The molecule has 0 aliphatic carbocycles. The summed E-state index contributed by atoms with van der Waals surface area (Å²) in [7, 11) is 0. The van der Waals surface area contributed by atoms with Crippen molar-refractivity contribution in [3.05, 3.63) is 65.7 Å². The number of hydrogen-bond acceptors (Lipinski definition) is 2. The minimum atomic E-state index is -0.0985. The first kappa shape index (κ1) is 22.0. The number of nitrogens with one attached hydrogen (secondary N) is 3. The lowest BCUT2D eigenvalue weighted by atomic mass is 10.1. The lowest BCUT2D eigenvalue weighted by Gasteiger charge is -2.12. The molecule has 0 unspecified atom stereocenters. The third-order valence-electron chi connectivity index (χ3n) is 3.64. The van der Waals surface area contributed by atoms with Gasteiger partial charge in [0.25, 0.3) is 0 Å². The standard InChI is InChI=1S/C20H26N4O.HI/c1-3-16-11-8-12-18(13-16)24-19(25)15-23-20(21-4-2)22-14-17-9-6-5-7-10-17;/h5-13H,3-4,14-15H2,1-2H3,(H,24,25)(H2,21,22,23);1H. The van der Waals surface area contributed by atoms with E-state index in [-0.39, 0.29) is 36.4 Å². The van der Waals surface area contributed by atoms with Crippen LogP contribution >= 0.6 is 24.0 Å². The maximum Gasteiger partial charge on any atom is 0.243 e. The summed E-state index contributed by atoms with van der Waals surface area (Å²) in [5.41, 5.74) is 3.14. The number of benzene rings is 2. The molecule has 2 aromatic carbocycles. The van der Waals surface area contributed by atoms with E-state index in [1.807, 2.05) is 61.5 Å². The van der Waals surface area contributed by atoms with E-state index in [9.17, 15) is 4.79 Å². The Bertz CT molecular complexity index is 704. The lowest BCUT2D eigenvalue weighted by molar-refractivity contribution is -0.115. The third-order valence-corrected chi connectivity index (χ3v) is 3.64. The van der Waals surface area contributed by atoms with E-state index < -0.39 is 0 Å². The summed E-state index contributed by atoms with van der Waals surface area (Å²) < 4.78 is 0. The molecule has 3 N–H and O–H groups in total. The average molecular weight is 466 g/mol. The number of carbonyl (C=O) groups is 1. The van der Waals surface area contributed by atoms with Gasteiger partial charge in [0.05, 0.1) is 13.1 Å². The van der Waals surface area contributed by atoms with Crippen LogP contribution in [-0.4, -0.2) is 25.0 Å². The fourth-order valence-corrected chi connectivity index (χ4v) is 2.33. The molecule has 0 spiro atoms. The van der Waals surface area contributed by atoms with Gasteiger partial charge in [-0.1, -0.05) is 49.4 Å². The molecule has 0 radical (unpaired) electrons. The van der Waals surface area contributed by atoms with E-state index >= 15 is 0 Å². The molecule has 0 saturated heterocycles. The summed E-state index contributed by atoms with van der Waals surface area (Å²) in [4.78, 5) is 16.6. The Hall–Kier alpha value is -2.09. The summed E-state index contributed by atoms with van der Waals surface area (Å²) in [6, 6.07) is 17.9. The Kier molecular flexibility index (Phi) is 10.4. The number of guanidine groups is 1. The molecule has 2 aromatic rings. The molecule has 0 aromatic heterocycles. The molecular weight excluding hydrogens is 439 g/mol. The molecule has 0 aliphatic rings. The van der Waals surface area contributed by atoms with Crippen LogP contribution in [0, 0.1) is 0 Å². The molecule has 140 valence electrons. The molecule has 0 bridgehead atoms. The molecule has 0 saturated carbocycles. The van der Waals surface area contributed by atoms with Crippen molar-refractivity contribution in [1.82, 2.24) is 10.6 Å². The molecule has 5 nitrogen and oxygen atoms in total. The lowest BCUT2D eigenvalue weighted by Crippen LogP contribution is -2.41. The van der Waals surface area contributed by atoms with Crippen LogP contribution in [-0.2, 0) is 17.8 Å². The molecule has 1 amide bonds. The normalized spacial score (nSPS) is 10.6. The number of aliphatic imine (C=N–C) groups is 1. The van der Waals surface area contributed by atoms with Gasteiger partial charge in [0.15, 0.2) is 5.96 Å². The highest BCUT2D eigenvalue weighted by molar-refractivity contribution is 14.0. The monoisotopic (exact) mass is 466 g/mol. The molecule has 2 rings (SSSR count). The van der Waals surface area contributed by atoms with E-state index in [0.29, 0.717) is 12.5 Å². The van der Waals surface area contributed by atoms with E-state index in [1.54, 1.807) is 0 Å². The van der Waals surface area contributed by atoms with Crippen molar-refractivity contribution in [2.45, 2.75) is 26.8 Å². The van der Waals surface area contributed by atoms with Crippen LogP contribution in [0.4, 0.5) is 5.69 Å². The summed E-state index contributed by atoms with van der Waals surface area (Å²) >= 11 is 0. The van der Waals surface area contributed by atoms with Gasteiger partial charge in [-0.15, -0.1) is 24.0 Å². The number of carbonyl (C=O) groups excluding carboxylic acids is 1. The van der Waals surface area contributed by atoms with Crippen LogP contribution in [0.5, 0.6) is 0 Å². The van der Waals surface area contributed by atoms with Crippen molar-refractivity contribution in [3.8, 4) is 0 Å².